The van der Waals surface area contributed by atoms with Gasteiger partial charge in [-0.15, -0.1) is 0 Å². The van der Waals surface area contributed by atoms with E-state index < -0.39 is 0 Å². The molecule has 0 bridgehead atoms. The molecule has 0 rings (SSSR count). The molecule has 0 spiro atoms. The number of hydrogen-bond donors (Lipinski definition) is 0. The molecule has 0 aromatic carbocycles. The highest BCUT2D eigenvalue weighted by atomic mass is 14.3. The maximum Gasteiger partial charge on any atom is 0.0627 e. The minimum Gasteiger partial charge on any atom is -0.198 e. The zero-order valence-electron chi connectivity index (χ0n) is 9.56. The van der Waals surface area contributed by atoms with Crippen LogP contribution in [0.3, 0.4) is 0 Å². The number of nitrogens with zero attached hydrogens (tertiary/aromatic N) is 1. The second kappa shape index (κ2) is 6.02. The molecule has 2 atom stereocenters. The summed E-state index contributed by atoms with van der Waals surface area (Å²) < 4.78 is 0. The van der Waals surface area contributed by atoms with E-state index in [1.165, 1.54) is 25.7 Å². The second-order valence-corrected chi connectivity index (χ2v) is 4.61. The van der Waals surface area contributed by atoms with Crippen LogP contribution in [0.4, 0.5) is 0 Å². The molecule has 0 fully saturated rings. The van der Waals surface area contributed by atoms with E-state index >= 15 is 0 Å². The Bertz CT molecular complexity index is 168. The van der Waals surface area contributed by atoms with Crippen LogP contribution < -0.4 is 0 Å². The fraction of sp³-hybridized carbons (Fsp3) is 0.917. The Balaban J connectivity index is 4.15. The van der Waals surface area contributed by atoms with E-state index in [2.05, 4.69) is 33.8 Å². The molecule has 1 heteroatoms. The first-order valence-corrected chi connectivity index (χ1v) is 5.45. The van der Waals surface area contributed by atoms with Crippen molar-refractivity contribution in [3.63, 3.8) is 0 Å². The van der Waals surface area contributed by atoms with E-state index in [1.807, 2.05) is 0 Å². The van der Waals surface area contributed by atoms with Gasteiger partial charge in [0.05, 0.1) is 6.07 Å². The molecular weight excluding hydrogens is 158 g/mol. The van der Waals surface area contributed by atoms with Crippen molar-refractivity contribution in [3.05, 3.63) is 0 Å². The number of rotatable bonds is 6. The van der Waals surface area contributed by atoms with Crippen molar-refractivity contribution in [1.82, 2.24) is 0 Å². The summed E-state index contributed by atoms with van der Waals surface area (Å²) in [7, 11) is 0. The fourth-order valence-electron chi connectivity index (χ4n) is 2.04. The Morgan fingerprint density at radius 3 is 2.38 bits per heavy atom. The lowest BCUT2D eigenvalue weighted by atomic mass is 9.75. The summed E-state index contributed by atoms with van der Waals surface area (Å²) in [5, 5.41) is 8.76. The summed E-state index contributed by atoms with van der Waals surface area (Å²) in [6.45, 7) is 8.97. The summed E-state index contributed by atoms with van der Waals surface area (Å²) in [6.07, 6.45) is 5.51. The lowest BCUT2D eigenvalue weighted by Gasteiger charge is -2.29. The van der Waals surface area contributed by atoms with E-state index in [1.54, 1.807) is 0 Å². The topological polar surface area (TPSA) is 23.8 Å². The molecule has 76 valence electrons. The van der Waals surface area contributed by atoms with E-state index in [9.17, 15) is 0 Å². The first-order valence-electron chi connectivity index (χ1n) is 5.45. The Kier molecular flexibility index (Phi) is 5.79. The third-order valence-corrected chi connectivity index (χ3v) is 2.90. The van der Waals surface area contributed by atoms with Crippen molar-refractivity contribution in [2.45, 2.75) is 59.8 Å². The van der Waals surface area contributed by atoms with Crippen LogP contribution in [0.2, 0.25) is 0 Å². The van der Waals surface area contributed by atoms with Gasteiger partial charge in [0.1, 0.15) is 0 Å². The van der Waals surface area contributed by atoms with Gasteiger partial charge < -0.3 is 0 Å². The van der Waals surface area contributed by atoms with Crippen LogP contribution in [0, 0.1) is 22.7 Å². The summed E-state index contributed by atoms with van der Waals surface area (Å²) in [4.78, 5) is 0. The predicted octanol–water partition coefficient (Wildman–Crippen LogP) is 4.14. The maximum atomic E-state index is 8.76. The van der Waals surface area contributed by atoms with E-state index in [0.717, 1.165) is 5.92 Å². The van der Waals surface area contributed by atoms with Crippen LogP contribution in [-0.4, -0.2) is 0 Å². The first kappa shape index (κ1) is 12.5. The Morgan fingerprint density at radius 2 is 2.00 bits per heavy atom. The summed E-state index contributed by atoms with van der Waals surface area (Å²) in [5.74, 6) is 0.755. The average molecular weight is 181 g/mol. The number of hydrogen-bond acceptors (Lipinski definition) is 1. The molecule has 1 nitrogen and oxygen atoms in total. The maximum absolute atomic E-state index is 8.76. The lowest BCUT2D eigenvalue weighted by Crippen LogP contribution is -2.18. The van der Waals surface area contributed by atoms with E-state index in [-0.39, 0.29) is 5.41 Å². The van der Waals surface area contributed by atoms with Crippen LogP contribution in [0.15, 0.2) is 0 Å². The molecule has 0 aromatic rings. The molecule has 0 aliphatic heterocycles. The summed E-state index contributed by atoms with van der Waals surface area (Å²) >= 11 is 0. The molecule has 0 heterocycles. The molecule has 0 radical (unpaired) electrons. The highest BCUT2D eigenvalue weighted by molar-refractivity contribution is 4.86. The minimum absolute atomic E-state index is 0.263. The molecule has 2 unspecified atom stereocenters. The van der Waals surface area contributed by atoms with Gasteiger partial charge in [-0.1, -0.05) is 40.5 Å². The molecular formula is C12H23N. The van der Waals surface area contributed by atoms with Crippen LogP contribution in [0.1, 0.15) is 59.8 Å². The van der Waals surface area contributed by atoms with Gasteiger partial charge in [-0.25, -0.2) is 0 Å². The van der Waals surface area contributed by atoms with Gasteiger partial charge in [-0.2, -0.15) is 5.26 Å². The van der Waals surface area contributed by atoms with Gasteiger partial charge >= 0.3 is 0 Å². The quantitative estimate of drug-likeness (QED) is 0.604. The third-order valence-electron chi connectivity index (χ3n) is 2.90. The van der Waals surface area contributed by atoms with Gasteiger partial charge in [0.15, 0.2) is 0 Å². The third kappa shape index (κ3) is 4.93. The zero-order valence-corrected chi connectivity index (χ0v) is 9.56. The Morgan fingerprint density at radius 1 is 1.38 bits per heavy atom. The fourth-order valence-corrected chi connectivity index (χ4v) is 2.04. The van der Waals surface area contributed by atoms with Crippen molar-refractivity contribution < 1.29 is 0 Å². The van der Waals surface area contributed by atoms with Crippen molar-refractivity contribution in [2.75, 3.05) is 0 Å². The zero-order chi connectivity index (χ0) is 10.3. The van der Waals surface area contributed by atoms with Crippen LogP contribution in [0.25, 0.3) is 0 Å². The first-order chi connectivity index (χ1) is 6.08. The SMILES string of the molecule is CCCC(C)(CC#N)CC(C)CC. The van der Waals surface area contributed by atoms with Crippen molar-refractivity contribution >= 4 is 0 Å². The summed E-state index contributed by atoms with van der Waals surface area (Å²) in [6, 6.07) is 2.32. The second-order valence-electron chi connectivity index (χ2n) is 4.61. The van der Waals surface area contributed by atoms with Crippen molar-refractivity contribution in [1.29, 1.82) is 5.26 Å². The molecule has 0 saturated carbocycles. The molecule has 0 aliphatic rings. The standard InChI is InChI=1S/C12H23N/c1-5-7-12(4,8-9-13)10-11(3)6-2/h11H,5-8,10H2,1-4H3. The molecule has 0 aliphatic carbocycles. The van der Waals surface area contributed by atoms with Gasteiger partial charge in [-0.05, 0) is 24.2 Å². The largest absolute Gasteiger partial charge is 0.198 e. The van der Waals surface area contributed by atoms with Gasteiger partial charge in [0.2, 0.25) is 0 Å². The monoisotopic (exact) mass is 181 g/mol. The van der Waals surface area contributed by atoms with Crippen molar-refractivity contribution in [3.8, 4) is 6.07 Å². The van der Waals surface area contributed by atoms with Crippen LogP contribution in [0.5, 0.6) is 0 Å². The molecule has 13 heavy (non-hydrogen) atoms. The van der Waals surface area contributed by atoms with E-state index in [0.29, 0.717) is 6.42 Å². The van der Waals surface area contributed by atoms with Crippen molar-refractivity contribution in [2.24, 2.45) is 11.3 Å². The minimum atomic E-state index is 0.263. The molecule has 0 N–H and O–H groups in total. The summed E-state index contributed by atoms with van der Waals surface area (Å²) in [5.41, 5.74) is 0.263. The Labute approximate surface area is 83.1 Å². The smallest absolute Gasteiger partial charge is 0.0627 e. The van der Waals surface area contributed by atoms with Crippen LogP contribution in [-0.2, 0) is 0 Å². The number of nitriles is 1. The molecule has 0 aromatic heterocycles. The van der Waals surface area contributed by atoms with Gasteiger partial charge in [0, 0.05) is 6.42 Å². The molecule has 0 amide bonds. The Hall–Kier alpha value is -0.510. The molecule has 0 saturated heterocycles. The average Bonchev–Trinajstić information content (AvgIpc) is 2.04. The van der Waals surface area contributed by atoms with E-state index in [4.69, 9.17) is 5.26 Å². The highest BCUT2D eigenvalue weighted by Crippen LogP contribution is 2.35. The van der Waals surface area contributed by atoms with Crippen LogP contribution >= 0.6 is 0 Å². The lowest BCUT2D eigenvalue weighted by molar-refractivity contribution is 0.228. The highest BCUT2D eigenvalue weighted by Gasteiger charge is 2.24. The normalized spacial score (nSPS) is 17.5. The predicted molar refractivity (Wildman–Crippen MR) is 57.3 cm³/mol. The van der Waals surface area contributed by atoms with Gasteiger partial charge in [0.25, 0.3) is 0 Å². The van der Waals surface area contributed by atoms with Gasteiger partial charge in [-0.3, -0.25) is 0 Å².